The summed E-state index contributed by atoms with van der Waals surface area (Å²) in [6.45, 7) is -9.08. The van der Waals surface area contributed by atoms with Gasteiger partial charge in [0.05, 0.1) is 5.58 Å². The Morgan fingerprint density at radius 1 is 0.708 bits per heavy atom. The molecule has 0 amide bonds. The Morgan fingerprint density at radius 2 is 1.48 bits per heavy atom. The monoisotopic (exact) mass is 819 g/mol. The van der Waals surface area contributed by atoms with Crippen molar-refractivity contribution in [2.24, 2.45) is 0 Å². The van der Waals surface area contributed by atoms with E-state index in [1.54, 1.807) is 36.4 Å². The zero-order chi connectivity index (χ0) is 44.2. The minimum Gasteiger partial charge on any atom is -0.501 e. The molecule has 3 aromatic heterocycles. The summed E-state index contributed by atoms with van der Waals surface area (Å²) in [7, 11) is 0. The molecular weight excluding hydrogens is 765 g/mol. The Bertz CT molecular complexity index is 2610. The van der Waals surface area contributed by atoms with Gasteiger partial charge in [0.1, 0.15) is 5.58 Å². The van der Waals surface area contributed by atoms with Crippen LogP contribution in [0, 0.1) is 39.5 Å². The van der Waals surface area contributed by atoms with Crippen molar-refractivity contribution in [2.75, 3.05) is 0 Å². The minimum atomic E-state index is -2.47. The Balaban J connectivity index is 0.000000258. The molecule has 1 aliphatic carbocycles. The van der Waals surface area contributed by atoms with E-state index in [9.17, 15) is 1.37 Å². The molecular formula is C44H40IrN2O-2. The standard InChI is InChI=1S/C31H28NO.C13H12N.Ir/c1-20-11-16-25-26-9-6-10-27(31(26)33-30(25)17-20)29-18-28(21(2)19-32-29)24-14-12-23(13-15-24)22-7-4-3-5-8-22;1-10-3-6-12(7-4-10)13-8-5-11(2)9-14-13;/h3-9,11,16-19,23-24H,12-15H2,1-2H3;3-6,8-9H,1-2H3;/q2*-1;/i1D3,2D3,23D,24D;1D3,2D3;. The van der Waals surface area contributed by atoms with Crippen molar-refractivity contribution in [2.45, 2.75) is 64.9 Å². The smallest absolute Gasteiger partial charge is 0.121 e. The van der Waals surface area contributed by atoms with Gasteiger partial charge in [0.15, 0.2) is 0 Å². The minimum absolute atomic E-state index is 0. The fraction of sp³-hybridized carbons (Fsp3) is 0.227. The summed E-state index contributed by atoms with van der Waals surface area (Å²) in [5, 5.41) is 1.51. The van der Waals surface area contributed by atoms with Crippen molar-refractivity contribution in [1.29, 1.82) is 0 Å². The molecule has 1 saturated carbocycles. The summed E-state index contributed by atoms with van der Waals surface area (Å²) in [6, 6.07) is 33.3. The van der Waals surface area contributed by atoms with Gasteiger partial charge in [-0.15, -0.1) is 53.6 Å². The second-order valence-corrected chi connectivity index (χ2v) is 11.5. The molecule has 4 heteroatoms. The number of aryl methyl sites for hydroxylation is 4. The van der Waals surface area contributed by atoms with Crippen LogP contribution in [-0.2, 0) is 20.1 Å². The van der Waals surface area contributed by atoms with E-state index < -0.39 is 39.2 Å². The molecule has 0 N–H and O–H groups in total. The first-order valence-electron chi connectivity index (χ1n) is 22.4. The van der Waals surface area contributed by atoms with E-state index in [0.29, 0.717) is 64.9 Å². The average molecular weight is 819 g/mol. The number of furan rings is 1. The summed E-state index contributed by atoms with van der Waals surface area (Å²) in [4.78, 5) is 8.57. The van der Waals surface area contributed by atoms with E-state index in [1.165, 1.54) is 36.7 Å². The van der Waals surface area contributed by atoms with Crippen LogP contribution in [0.4, 0.5) is 0 Å². The average Bonchev–Trinajstić information content (AvgIpc) is 3.60. The van der Waals surface area contributed by atoms with E-state index in [4.69, 9.17) is 22.2 Å². The van der Waals surface area contributed by atoms with E-state index >= 15 is 0 Å². The first-order valence-corrected chi connectivity index (χ1v) is 15.4. The Hall–Kier alpha value is -4.37. The van der Waals surface area contributed by atoms with Crippen LogP contribution < -0.4 is 0 Å². The van der Waals surface area contributed by atoms with Gasteiger partial charge in [0.25, 0.3) is 0 Å². The van der Waals surface area contributed by atoms with Crippen LogP contribution in [-0.4, -0.2) is 9.97 Å². The molecule has 1 radical (unpaired) electrons. The molecule has 0 saturated heterocycles. The molecule has 48 heavy (non-hydrogen) atoms. The maximum absolute atomic E-state index is 9.47. The quantitative estimate of drug-likeness (QED) is 0.166. The third-order valence-corrected chi connectivity index (χ3v) is 8.47. The third-order valence-electron chi connectivity index (χ3n) is 8.47. The molecule has 0 unspecified atom stereocenters. The number of benzene rings is 4. The summed E-state index contributed by atoms with van der Waals surface area (Å²) < 4.78 is 116. The van der Waals surface area contributed by atoms with Crippen LogP contribution in [0.3, 0.4) is 0 Å². The molecule has 7 aromatic rings. The molecule has 3 heterocycles. The third kappa shape index (κ3) is 7.21. The predicted octanol–water partition coefficient (Wildman–Crippen LogP) is 11.7. The normalized spacial score (nSPS) is 24.2. The van der Waals surface area contributed by atoms with Gasteiger partial charge in [-0.2, -0.15) is 0 Å². The first-order chi connectivity index (χ1) is 28.5. The number of hydrogen-bond acceptors (Lipinski definition) is 3. The summed E-state index contributed by atoms with van der Waals surface area (Å²) in [5.74, 6) is -2.04. The molecule has 0 aliphatic heterocycles. The number of aromatic nitrogens is 2. The topological polar surface area (TPSA) is 38.9 Å². The van der Waals surface area contributed by atoms with Crippen LogP contribution in [0.25, 0.3) is 44.5 Å². The summed E-state index contributed by atoms with van der Waals surface area (Å²) in [5.41, 5.74) is 4.85. The number of fused-ring (bicyclic) bond motifs is 3. The molecule has 0 spiro atoms. The zero-order valence-corrected chi connectivity index (χ0v) is 28.3. The van der Waals surface area contributed by atoms with E-state index in [2.05, 4.69) is 22.1 Å². The Morgan fingerprint density at radius 3 is 2.21 bits per heavy atom. The predicted molar refractivity (Wildman–Crippen MR) is 194 cm³/mol. The van der Waals surface area contributed by atoms with E-state index in [1.807, 2.05) is 36.4 Å². The molecule has 1 aliphatic rings. The van der Waals surface area contributed by atoms with Gasteiger partial charge in [-0.1, -0.05) is 78.5 Å². The number of hydrogen-bond donors (Lipinski definition) is 0. The molecule has 8 rings (SSSR count). The van der Waals surface area contributed by atoms with Crippen LogP contribution >= 0.6 is 0 Å². The van der Waals surface area contributed by atoms with Crippen molar-refractivity contribution in [3.05, 3.63) is 155 Å². The van der Waals surface area contributed by atoms with Crippen LogP contribution in [0.1, 0.15) is 90.0 Å². The van der Waals surface area contributed by atoms with Crippen molar-refractivity contribution < 1.29 is 43.7 Å². The fourth-order valence-corrected chi connectivity index (χ4v) is 6.04. The van der Waals surface area contributed by atoms with Gasteiger partial charge in [-0.25, -0.2) is 0 Å². The number of rotatable bonds is 4. The van der Waals surface area contributed by atoms with Crippen molar-refractivity contribution in [3.63, 3.8) is 0 Å². The van der Waals surface area contributed by atoms with Gasteiger partial charge in [-0.05, 0) is 103 Å². The van der Waals surface area contributed by atoms with Gasteiger partial charge in [0.2, 0.25) is 0 Å². The molecule has 0 atom stereocenters. The largest absolute Gasteiger partial charge is 0.501 e. The summed E-state index contributed by atoms with van der Waals surface area (Å²) in [6.07, 6.45) is 4.14. The zero-order valence-electron chi connectivity index (χ0n) is 39.9. The maximum Gasteiger partial charge on any atom is 0.121 e. The van der Waals surface area contributed by atoms with Crippen LogP contribution in [0.2, 0.25) is 0 Å². The van der Waals surface area contributed by atoms with E-state index in [-0.39, 0.29) is 42.4 Å². The Labute approximate surface area is 317 Å². The fourth-order valence-electron chi connectivity index (χ4n) is 6.04. The van der Waals surface area contributed by atoms with Crippen molar-refractivity contribution >= 4 is 21.9 Å². The SMILES string of the molecule is [2H]C([2H])([2H])c1c[c-]c(-c2ccc(C([2H])([2H])[2H])cn2)cc1.[2H]C([2H])([2H])c1ccc2c(c1)oc1c(-c3cc(C4([2H])CCC([2H])(c5ccccc5)CC4)c(C([2H])([2H])[2H])cn3)[c-]ccc12.[Ir]. The summed E-state index contributed by atoms with van der Waals surface area (Å²) >= 11 is 0. The second kappa shape index (κ2) is 14.8. The molecule has 4 aromatic carbocycles. The van der Waals surface area contributed by atoms with Crippen LogP contribution in [0.15, 0.2) is 114 Å². The van der Waals surface area contributed by atoms with Gasteiger partial charge in [0, 0.05) is 57.1 Å². The van der Waals surface area contributed by atoms with E-state index in [0.717, 1.165) is 16.3 Å². The van der Waals surface area contributed by atoms with Crippen molar-refractivity contribution in [3.8, 4) is 22.5 Å². The van der Waals surface area contributed by atoms with Gasteiger partial charge >= 0.3 is 0 Å². The molecule has 243 valence electrons. The van der Waals surface area contributed by atoms with Gasteiger partial charge in [-0.3, -0.25) is 0 Å². The van der Waals surface area contributed by atoms with Crippen molar-refractivity contribution in [1.82, 2.24) is 9.97 Å². The van der Waals surface area contributed by atoms with Crippen LogP contribution in [0.5, 0.6) is 0 Å². The molecule has 1 fully saturated rings. The first kappa shape index (κ1) is 20.2. The second-order valence-electron chi connectivity index (χ2n) is 11.5. The molecule has 3 nitrogen and oxygen atoms in total. The Kier molecular flexibility index (Phi) is 6.24. The number of pyridine rings is 2. The number of nitrogens with zero attached hydrogens (tertiary/aromatic N) is 2. The van der Waals surface area contributed by atoms with Gasteiger partial charge < -0.3 is 14.4 Å². The molecule has 0 bridgehead atoms. The maximum atomic E-state index is 9.47.